The Kier molecular flexibility index (Phi) is 5.36. The highest BCUT2D eigenvalue weighted by Crippen LogP contribution is 2.13. The minimum absolute atomic E-state index is 0.0609. The summed E-state index contributed by atoms with van der Waals surface area (Å²) in [6.07, 6.45) is 1.81. The van der Waals surface area contributed by atoms with Crippen LogP contribution in [0.1, 0.15) is 24.0 Å². The molecular weight excluding hydrogens is 288 g/mol. The van der Waals surface area contributed by atoms with Crippen LogP contribution in [0.5, 0.6) is 0 Å². The molecule has 0 atom stereocenters. The largest absolute Gasteiger partial charge is 0.317 e. The van der Waals surface area contributed by atoms with Crippen LogP contribution in [0.2, 0.25) is 0 Å². The summed E-state index contributed by atoms with van der Waals surface area (Å²) in [4.78, 5) is 12.0. The van der Waals surface area contributed by atoms with Crippen molar-refractivity contribution in [2.45, 2.75) is 26.2 Å². The van der Waals surface area contributed by atoms with Crippen molar-refractivity contribution in [3.8, 4) is 0 Å². The van der Waals surface area contributed by atoms with Crippen LogP contribution in [0.25, 0.3) is 0 Å². The Labute approximate surface area is 126 Å². The molecule has 2 N–H and O–H groups in total. The molecule has 6 heteroatoms. The predicted molar refractivity (Wildman–Crippen MR) is 82.4 cm³/mol. The maximum absolute atomic E-state index is 12.0. The van der Waals surface area contributed by atoms with Crippen LogP contribution in [-0.2, 0) is 21.2 Å². The van der Waals surface area contributed by atoms with Gasteiger partial charge in [-0.3, -0.25) is 9.52 Å². The Morgan fingerprint density at radius 1 is 1.29 bits per heavy atom. The molecule has 1 saturated heterocycles. The molecule has 0 saturated carbocycles. The van der Waals surface area contributed by atoms with E-state index in [9.17, 15) is 13.2 Å². The Morgan fingerprint density at radius 3 is 2.62 bits per heavy atom. The fraction of sp³-hybridized carbons (Fsp3) is 0.533. The number of benzene rings is 1. The van der Waals surface area contributed by atoms with Gasteiger partial charge >= 0.3 is 0 Å². The van der Waals surface area contributed by atoms with Crippen molar-refractivity contribution in [2.75, 3.05) is 18.8 Å². The third-order valence-corrected chi connectivity index (χ3v) is 5.12. The van der Waals surface area contributed by atoms with Gasteiger partial charge in [0.2, 0.25) is 15.9 Å². The first-order valence-corrected chi connectivity index (χ1v) is 8.93. The summed E-state index contributed by atoms with van der Waals surface area (Å²) in [5.74, 6) is -0.616. The second kappa shape index (κ2) is 7.04. The SMILES string of the molecule is Cc1ccccc1CCS(=O)(=O)NC(=O)C1CCNCC1. The number of carbonyl (C=O) groups excluding carboxylic acids is 1. The third kappa shape index (κ3) is 4.82. The molecule has 1 amide bonds. The van der Waals surface area contributed by atoms with Crippen molar-refractivity contribution in [1.29, 1.82) is 0 Å². The highest BCUT2D eigenvalue weighted by atomic mass is 32.2. The van der Waals surface area contributed by atoms with E-state index in [1.807, 2.05) is 31.2 Å². The minimum Gasteiger partial charge on any atom is -0.317 e. The lowest BCUT2D eigenvalue weighted by Gasteiger charge is -2.21. The highest BCUT2D eigenvalue weighted by molar-refractivity contribution is 7.90. The van der Waals surface area contributed by atoms with Crippen molar-refractivity contribution in [2.24, 2.45) is 5.92 Å². The fourth-order valence-electron chi connectivity index (χ4n) is 2.51. The van der Waals surface area contributed by atoms with Crippen LogP contribution >= 0.6 is 0 Å². The van der Waals surface area contributed by atoms with Gasteiger partial charge in [0.1, 0.15) is 0 Å². The Morgan fingerprint density at radius 2 is 1.95 bits per heavy atom. The average Bonchev–Trinajstić information content (AvgIpc) is 2.47. The number of nitrogens with one attached hydrogen (secondary N) is 2. The average molecular weight is 310 g/mol. The monoisotopic (exact) mass is 310 g/mol. The lowest BCUT2D eigenvalue weighted by molar-refractivity contribution is -0.123. The van der Waals surface area contributed by atoms with Gasteiger partial charge in [0.05, 0.1) is 5.75 Å². The van der Waals surface area contributed by atoms with E-state index in [-0.39, 0.29) is 17.6 Å². The molecule has 0 spiro atoms. The number of piperidine rings is 1. The standard InChI is InChI=1S/C15H22N2O3S/c1-12-4-2-3-5-13(12)8-11-21(19,20)17-15(18)14-6-9-16-10-7-14/h2-5,14,16H,6-11H2,1H3,(H,17,18). The van der Waals surface area contributed by atoms with Crippen LogP contribution in [0.3, 0.4) is 0 Å². The molecule has 21 heavy (non-hydrogen) atoms. The second-order valence-electron chi connectivity index (χ2n) is 5.49. The van der Waals surface area contributed by atoms with Gasteiger partial charge in [-0.15, -0.1) is 0 Å². The number of hydrogen-bond acceptors (Lipinski definition) is 4. The first kappa shape index (κ1) is 16.0. The zero-order chi connectivity index (χ0) is 15.3. The summed E-state index contributed by atoms with van der Waals surface area (Å²) in [6, 6.07) is 7.68. The quantitative estimate of drug-likeness (QED) is 0.850. The smallest absolute Gasteiger partial charge is 0.236 e. The summed E-state index contributed by atoms with van der Waals surface area (Å²) in [5.41, 5.74) is 2.06. The van der Waals surface area contributed by atoms with E-state index in [1.165, 1.54) is 0 Å². The van der Waals surface area contributed by atoms with Crippen molar-refractivity contribution in [1.82, 2.24) is 10.0 Å². The predicted octanol–water partition coefficient (Wildman–Crippen LogP) is 0.983. The summed E-state index contributed by atoms with van der Waals surface area (Å²) in [6.45, 7) is 3.48. The van der Waals surface area contributed by atoms with Gasteiger partial charge in [0, 0.05) is 5.92 Å². The van der Waals surface area contributed by atoms with Gasteiger partial charge in [-0.05, 0) is 50.4 Å². The molecule has 0 bridgehead atoms. The van der Waals surface area contributed by atoms with Gasteiger partial charge in [0.15, 0.2) is 0 Å². The number of rotatable bonds is 5. The van der Waals surface area contributed by atoms with Gasteiger partial charge in [-0.2, -0.15) is 0 Å². The van der Waals surface area contributed by atoms with Crippen molar-refractivity contribution >= 4 is 15.9 Å². The number of hydrogen-bond donors (Lipinski definition) is 2. The molecule has 0 aliphatic carbocycles. The van der Waals surface area contributed by atoms with Crippen molar-refractivity contribution in [3.63, 3.8) is 0 Å². The van der Waals surface area contributed by atoms with Gasteiger partial charge < -0.3 is 5.32 Å². The van der Waals surface area contributed by atoms with Crippen LogP contribution in [-0.4, -0.2) is 33.2 Å². The third-order valence-electron chi connectivity index (χ3n) is 3.87. The first-order chi connectivity index (χ1) is 9.98. The maximum Gasteiger partial charge on any atom is 0.236 e. The van der Waals surface area contributed by atoms with Gasteiger partial charge in [0.25, 0.3) is 0 Å². The molecule has 0 radical (unpaired) electrons. The number of carbonyl (C=O) groups is 1. The summed E-state index contributed by atoms with van der Waals surface area (Å²) >= 11 is 0. The molecule has 0 aromatic heterocycles. The van der Waals surface area contributed by atoms with Crippen LogP contribution < -0.4 is 10.0 Å². The van der Waals surface area contributed by atoms with E-state index in [0.29, 0.717) is 19.3 Å². The van der Waals surface area contributed by atoms with E-state index in [2.05, 4.69) is 10.0 Å². The molecule has 1 heterocycles. The number of aryl methyl sites for hydroxylation is 2. The molecule has 5 nitrogen and oxygen atoms in total. The Hall–Kier alpha value is -1.40. The molecule has 1 fully saturated rings. The molecular formula is C15H22N2O3S. The van der Waals surface area contributed by atoms with E-state index >= 15 is 0 Å². The number of sulfonamides is 1. The van der Waals surface area contributed by atoms with Gasteiger partial charge in [-0.25, -0.2) is 8.42 Å². The van der Waals surface area contributed by atoms with Crippen LogP contribution in [0.15, 0.2) is 24.3 Å². The zero-order valence-electron chi connectivity index (χ0n) is 12.3. The van der Waals surface area contributed by atoms with Crippen molar-refractivity contribution in [3.05, 3.63) is 35.4 Å². The van der Waals surface area contributed by atoms with E-state index in [1.54, 1.807) is 0 Å². The summed E-state index contributed by atoms with van der Waals surface area (Å²) < 4.78 is 26.3. The topological polar surface area (TPSA) is 75.3 Å². The summed E-state index contributed by atoms with van der Waals surface area (Å²) in [5, 5.41) is 3.16. The molecule has 1 aliphatic heterocycles. The number of amides is 1. The molecule has 1 aromatic rings. The van der Waals surface area contributed by atoms with Crippen LogP contribution in [0, 0.1) is 12.8 Å². The molecule has 0 unspecified atom stereocenters. The van der Waals surface area contributed by atoms with E-state index < -0.39 is 10.0 Å². The summed E-state index contributed by atoms with van der Waals surface area (Å²) in [7, 11) is -3.57. The van der Waals surface area contributed by atoms with Crippen molar-refractivity contribution < 1.29 is 13.2 Å². The Balaban J connectivity index is 1.89. The second-order valence-corrected chi connectivity index (χ2v) is 7.33. The van der Waals surface area contributed by atoms with Gasteiger partial charge in [-0.1, -0.05) is 24.3 Å². The maximum atomic E-state index is 12.0. The molecule has 2 rings (SSSR count). The molecule has 1 aromatic carbocycles. The van der Waals surface area contributed by atoms with E-state index in [0.717, 1.165) is 24.2 Å². The lowest BCUT2D eigenvalue weighted by atomic mass is 9.98. The Bertz CT molecular complexity index is 593. The highest BCUT2D eigenvalue weighted by Gasteiger charge is 2.24. The fourth-order valence-corrected chi connectivity index (χ4v) is 3.57. The zero-order valence-corrected chi connectivity index (χ0v) is 13.1. The van der Waals surface area contributed by atoms with E-state index in [4.69, 9.17) is 0 Å². The minimum atomic E-state index is -3.57. The lowest BCUT2D eigenvalue weighted by Crippen LogP contribution is -2.41. The van der Waals surface area contributed by atoms with Crippen LogP contribution in [0.4, 0.5) is 0 Å². The molecule has 1 aliphatic rings. The molecule has 116 valence electrons. The first-order valence-electron chi connectivity index (χ1n) is 7.27. The normalized spacial score (nSPS) is 16.6.